The molecule has 0 bridgehead atoms. The zero-order valence-electron chi connectivity index (χ0n) is 9.89. The molecule has 94 valence electrons. The van der Waals surface area contributed by atoms with Gasteiger partial charge in [-0.05, 0) is 36.5 Å². The van der Waals surface area contributed by atoms with Crippen molar-refractivity contribution in [1.29, 1.82) is 5.26 Å². The van der Waals surface area contributed by atoms with Gasteiger partial charge in [0.05, 0.1) is 0 Å². The Kier molecular flexibility index (Phi) is 4.78. The summed E-state index contributed by atoms with van der Waals surface area (Å²) < 4.78 is 9.73. The third-order valence-corrected chi connectivity index (χ3v) is 4.14. The minimum absolute atomic E-state index is 0.291. The number of benzene rings is 2. The van der Waals surface area contributed by atoms with Gasteiger partial charge in [-0.15, -0.1) is 4.36 Å². The van der Waals surface area contributed by atoms with Crippen molar-refractivity contribution < 1.29 is 4.74 Å². The Bertz CT molecular complexity index is 634. The number of rotatable bonds is 2. The molecule has 0 saturated carbocycles. The van der Waals surface area contributed by atoms with Gasteiger partial charge in [0.25, 0.3) is 0 Å². The number of nitriles is 1. The first kappa shape index (κ1) is 13.4. The molecule has 0 aliphatic carbocycles. The summed E-state index contributed by atoms with van der Waals surface area (Å²) in [6, 6.07) is 18.7. The fourth-order valence-electron chi connectivity index (χ4n) is 1.40. The summed E-state index contributed by atoms with van der Waals surface area (Å²) in [5.74, 6) is 0.647. The lowest BCUT2D eigenvalue weighted by molar-refractivity contribution is 0.578. The molecule has 0 fully saturated rings. The normalized spacial score (nSPS) is 11.5. The maximum absolute atomic E-state index is 8.79. The molecule has 2 rings (SSSR count). The molecule has 0 radical (unpaired) electrons. The number of ether oxygens (including phenoxy) is 1. The van der Waals surface area contributed by atoms with Gasteiger partial charge < -0.3 is 4.74 Å². The molecule has 0 aliphatic rings. The van der Waals surface area contributed by atoms with Crippen molar-refractivity contribution in [2.45, 2.75) is 4.90 Å². The minimum Gasteiger partial charge on any atom is -0.439 e. The third kappa shape index (κ3) is 3.71. The Morgan fingerprint density at radius 1 is 1.05 bits per heavy atom. The van der Waals surface area contributed by atoms with Crippen LogP contribution in [-0.4, -0.2) is 4.38 Å². The molecule has 0 N–H and O–H groups in total. The second-order valence-corrected chi connectivity index (χ2v) is 5.68. The first-order chi connectivity index (χ1) is 9.31. The largest absolute Gasteiger partial charge is 0.439 e. The average molecular weight is 286 g/mol. The van der Waals surface area contributed by atoms with E-state index in [2.05, 4.69) is 4.36 Å². The molecule has 3 nitrogen and oxygen atoms in total. The van der Waals surface area contributed by atoms with Crippen molar-refractivity contribution in [2.24, 2.45) is 4.36 Å². The molecule has 2 aromatic carbocycles. The van der Waals surface area contributed by atoms with Crippen LogP contribution in [0.1, 0.15) is 0 Å². The van der Waals surface area contributed by atoms with E-state index >= 15 is 0 Å². The summed E-state index contributed by atoms with van der Waals surface area (Å²) in [6.45, 7) is 0. The van der Waals surface area contributed by atoms with Gasteiger partial charge in [-0.3, -0.25) is 0 Å². The quantitative estimate of drug-likeness (QED) is 0.624. The maximum atomic E-state index is 8.79. The Hall–Kier alpha value is -2.03. The maximum Gasteiger partial charge on any atom is 0.242 e. The van der Waals surface area contributed by atoms with Crippen molar-refractivity contribution in [2.75, 3.05) is 0 Å². The second kappa shape index (κ2) is 6.78. The molecular formula is C14H10N2OS2. The van der Waals surface area contributed by atoms with Crippen LogP contribution in [-0.2, 0) is 10.7 Å². The van der Waals surface area contributed by atoms with Crippen molar-refractivity contribution in [1.82, 2.24) is 0 Å². The average Bonchev–Trinajstić information content (AvgIpc) is 2.46. The van der Waals surface area contributed by atoms with E-state index in [1.54, 1.807) is 6.19 Å². The standard InChI is InChI=1S/C14H10N2OS2/c15-11-16-19(13-9-5-2-6-10-13)14(18)17-12-7-3-1-4-8-12/h1-10H. The van der Waals surface area contributed by atoms with E-state index in [-0.39, 0.29) is 0 Å². The van der Waals surface area contributed by atoms with Gasteiger partial charge in [-0.2, -0.15) is 5.26 Å². The topological polar surface area (TPSA) is 45.4 Å². The lowest BCUT2D eigenvalue weighted by atomic mass is 10.3. The fourth-order valence-corrected chi connectivity index (χ4v) is 2.94. The molecular weight excluding hydrogens is 276 g/mol. The monoisotopic (exact) mass is 286 g/mol. The van der Waals surface area contributed by atoms with Gasteiger partial charge in [0.1, 0.15) is 5.75 Å². The second-order valence-electron chi connectivity index (χ2n) is 3.45. The Labute approximate surface area is 119 Å². The van der Waals surface area contributed by atoms with Crippen molar-refractivity contribution in [3.05, 3.63) is 60.7 Å². The summed E-state index contributed by atoms with van der Waals surface area (Å²) in [6.07, 6.45) is 1.80. The smallest absolute Gasteiger partial charge is 0.242 e. The fraction of sp³-hybridized carbons (Fsp3) is 0. The van der Waals surface area contributed by atoms with Crippen LogP contribution in [0.4, 0.5) is 0 Å². The van der Waals surface area contributed by atoms with Crippen LogP contribution >= 0.6 is 12.2 Å². The third-order valence-electron chi connectivity index (χ3n) is 2.20. The van der Waals surface area contributed by atoms with Crippen LogP contribution in [0, 0.1) is 11.5 Å². The number of nitrogens with zero attached hydrogens (tertiary/aromatic N) is 2. The first-order valence-electron chi connectivity index (χ1n) is 5.47. The molecule has 0 aliphatic heterocycles. The van der Waals surface area contributed by atoms with Crippen LogP contribution in [0.25, 0.3) is 0 Å². The molecule has 0 saturated heterocycles. The van der Waals surface area contributed by atoms with E-state index in [9.17, 15) is 0 Å². The molecule has 0 aromatic heterocycles. The van der Waals surface area contributed by atoms with Crippen molar-refractivity contribution in [3.63, 3.8) is 0 Å². The number of thiocarbonyl (C=S) groups is 1. The van der Waals surface area contributed by atoms with E-state index in [4.69, 9.17) is 22.2 Å². The minimum atomic E-state index is -0.860. The van der Waals surface area contributed by atoms with E-state index in [0.717, 1.165) is 4.90 Å². The van der Waals surface area contributed by atoms with Crippen molar-refractivity contribution >= 4 is 27.3 Å². The van der Waals surface area contributed by atoms with E-state index in [0.29, 0.717) is 10.1 Å². The Morgan fingerprint density at radius 2 is 1.63 bits per heavy atom. The lowest BCUT2D eigenvalue weighted by Gasteiger charge is -2.09. The highest BCUT2D eigenvalue weighted by atomic mass is 32.2. The predicted octanol–water partition coefficient (Wildman–Crippen LogP) is 3.69. The summed E-state index contributed by atoms with van der Waals surface area (Å²) in [5, 5.41) is 8.79. The van der Waals surface area contributed by atoms with Gasteiger partial charge in [-0.1, -0.05) is 36.4 Å². The Balaban J connectivity index is 2.25. The number of para-hydroxylation sites is 1. The van der Waals surface area contributed by atoms with E-state index < -0.39 is 10.7 Å². The highest BCUT2D eigenvalue weighted by Crippen LogP contribution is 2.15. The Morgan fingerprint density at radius 3 is 2.21 bits per heavy atom. The van der Waals surface area contributed by atoms with Gasteiger partial charge in [0, 0.05) is 15.6 Å². The van der Waals surface area contributed by atoms with E-state index in [1.807, 2.05) is 60.7 Å². The molecule has 1 unspecified atom stereocenters. The van der Waals surface area contributed by atoms with Gasteiger partial charge in [-0.25, -0.2) is 0 Å². The molecule has 0 spiro atoms. The van der Waals surface area contributed by atoms with Gasteiger partial charge >= 0.3 is 0 Å². The molecule has 5 heteroatoms. The summed E-state index contributed by atoms with van der Waals surface area (Å²) in [5.41, 5.74) is 0. The van der Waals surface area contributed by atoms with Crippen molar-refractivity contribution in [3.8, 4) is 11.9 Å². The molecule has 1 atom stereocenters. The molecule has 19 heavy (non-hydrogen) atoms. The molecule has 2 aromatic rings. The summed E-state index contributed by atoms with van der Waals surface area (Å²) in [4.78, 5) is 0.866. The highest BCUT2D eigenvalue weighted by molar-refractivity contribution is 8.14. The number of hydrogen-bond acceptors (Lipinski definition) is 4. The zero-order valence-corrected chi connectivity index (χ0v) is 11.5. The van der Waals surface area contributed by atoms with E-state index in [1.165, 1.54) is 0 Å². The highest BCUT2D eigenvalue weighted by Gasteiger charge is 2.10. The predicted molar refractivity (Wildman–Crippen MR) is 79.8 cm³/mol. The summed E-state index contributed by atoms with van der Waals surface area (Å²) >= 11 is 5.25. The zero-order chi connectivity index (χ0) is 13.5. The first-order valence-corrected chi connectivity index (χ1v) is 7.06. The molecule has 0 heterocycles. The number of hydrogen-bond donors (Lipinski definition) is 0. The SMILES string of the molecule is N#CN=S(C(=S)Oc1ccccc1)c1ccccc1. The van der Waals surface area contributed by atoms with Crippen LogP contribution in [0.15, 0.2) is 69.9 Å². The van der Waals surface area contributed by atoms with Gasteiger partial charge in [0.15, 0.2) is 0 Å². The van der Waals surface area contributed by atoms with Crippen LogP contribution < -0.4 is 4.74 Å². The van der Waals surface area contributed by atoms with Crippen LogP contribution in [0.5, 0.6) is 5.75 Å². The summed E-state index contributed by atoms with van der Waals surface area (Å²) in [7, 11) is -0.860. The molecule has 0 amide bonds. The van der Waals surface area contributed by atoms with Gasteiger partial charge in [0.2, 0.25) is 10.6 Å². The van der Waals surface area contributed by atoms with Crippen LogP contribution in [0.3, 0.4) is 0 Å². The van der Waals surface area contributed by atoms with Crippen LogP contribution in [0.2, 0.25) is 0 Å². The lowest BCUT2D eigenvalue weighted by Crippen LogP contribution is -2.12.